The molecule has 1 saturated heterocycles. The summed E-state index contributed by atoms with van der Waals surface area (Å²) in [5.41, 5.74) is 0. The average Bonchev–Trinajstić information content (AvgIpc) is 2.27. The van der Waals surface area contributed by atoms with Crippen molar-refractivity contribution in [1.29, 1.82) is 0 Å². The Kier molecular flexibility index (Phi) is 4.59. The Balaban J connectivity index is 2.74. The van der Waals surface area contributed by atoms with Crippen molar-refractivity contribution in [3.8, 4) is 0 Å². The number of halogens is 3. The smallest absolute Gasteiger partial charge is 0.471 e. The summed E-state index contributed by atoms with van der Waals surface area (Å²) >= 11 is 0. The SMILES string of the molecule is CC(CC1CCCCN1C(=O)C(F)(F)F)C(=O)O. The van der Waals surface area contributed by atoms with E-state index in [0.717, 1.165) is 11.3 Å². The molecule has 104 valence electrons. The van der Waals surface area contributed by atoms with Crippen molar-refractivity contribution in [3.63, 3.8) is 0 Å². The van der Waals surface area contributed by atoms with Gasteiger partial charge in [0, 0.05) is 12.6 Å². The molecule has 0 bridgehead atoms. The monoisotopic (exact) mass is 267 g/mol. The minimum atomic E-state index is -4.89. The van der Waals surface area contributed by atoms with Gasteiger partial charge in [-0.1, -0.05) is 6.92 Å². The van der Waals surface area contributed by atoms with E-state index < -0.39 is 30.0 Å². The second kappa shape index (κ2) is 5.58. The zero-order valence-corrected chi connectivity index (χ0v) is 10.0. The molecule has 1 amide bonds. The van der Waals surface area contributed by atoms with Gasteiger partial charge in [0.2, 0.25) is 0 Å². The Labute approximate surface area is 103 Å². The lowest BCUT2D eigenvalue weighted by molar-refractivity contribution is -0.189. The van der Waals surface area contributed by atoms with Gasteiger partial charge in [-0.15, -0.1) is 0 Å². The Morgan fingerprint density at radius 1 is 1.39 bits per heavy atom. The van der Waals surface area contributed by atoms with E-state index in [9.17, 15) is 22.8 Å². The predicted octanol–water partition coefficient (Wildman–Crippen LogP) is 2.04. The molecule has 7 heteroatoms. The second-order valence-corrected chi connectivity index (χ2v) is 4.62. The predicted molar refractivity (Wildman–Crippen MR) is 56.8 cm³/mol. The van der Waals surface area contributed by atoms with Crippen LogP contribution < -0.4 is 0 Å². The van der Waals surface area contributed by atoms with Crippen LogP contribution in [0.5, 0.6) is 0 Å². The van der Waals surface area contributed by atoms with Crippen LogP contribution in [0.4, 0.5) is 13.2 Å². The quantitative estimate of drug-likeness (QED) is 0.851. The molecule has 2 unspecified atom stereocenters. The number of nitrogens with zero attached hydrogens (tertiary/aromatic N) is 1. The van der Waals surface area contributed by atoms with Gasteiger partial charge in [0.05, 0.1) is 5.92 Å². The molecular weight excluding hydrogens is 251 g/mol. The highest BCUT2D eigenvalue weighted by atomic mass is 19.4. The van der Waals surface area contributed by atoms with Gasteiger partial charge in [-0.3, -0.25) is 9.59 Å². The van der Waals surface area contributed by atoms with Crippen LogP contribution in [0.2, 0.25) is 0 Å². The number of carboxylic acid groups (broad SMARTS) is 1. The average molecular weight is 267 g/mol. The van der Waals surface area contributed by atoms with Crippen LogP contribution in [0.15, 0.2) is 0 Å². The molecule has 0 radical (unpaired) electrons. The molecule has 2 atom stereocenters. The maximum Gasteiger partial charge on any atom is 0.471 e. The third-order valence-electron chi connectivity index (χ3n) is 3.18. The Morgan fingerprint density at radius 2 is 2.00 bits per heavy atom. The summed E-state index contributed by atoms with van der Waals surface area (Å²) in [4.78, 5) is 22.7. The summed E-state index contributed by atoms with van der Waals surface area (Å²) in [5, 5.41) is 8.77. The molecule has 1 heterocycles. The molecule has 1 aliphatic rings. The van der Waals surface area contributed by atoms with E-state index in [1.807, 2.05) is 0 Å². The maximum absolute atomic E-state index is 12.4. The zero-order chi connectivity index (χ0) is 13.9. The van der Waals surface area contributed by atoms with Gasteiger partial charge in [-0.25, -0.2) is 0 Å². The number of amides is 1. The van der Waals surface area contributed by atoms with Crippen LogP contribution in [0.3, 0.4) is 0 Å². The fourth-order valence-corrected chi connectivity index (χ4v) is 2.18. The summed E-state index contributed by atoms with van der Waals surface area (Å²) in [7, 11) is 0. The maximum atomic E-state index is 12.4. The number of carboxylic acids is 1. The van der Waals surface area contributed by atoms with Crippen molar-refractivity contribution in [3.05, 3.63) is 0 Å². The first-order valence-electron chi connectivity index (χ1n) is 5.84. The molecule has 0 aromatic carbocycles. The third kappa shape index (κ3) is 3.61. The fraction of sp³-hybridized carbons (Fsp3) is 0.818. The zero-order valence-electron chi connectivity index (χ0n) is 10.0. The largest absolute Gasteiger partial charge is 0.481 e. The number of hydrogen-bond acceptors (Lipinski definition) is 2. The Bertz CT molecular complexity index is 330. The number of alkyl halides is 3. The summed E-state index contributed by atoms with van der Waals surface area (Å²) in [6.07, 6.45) is -3.14. The molecule has 18 heavy (non-hydrogen) atoms. The van der Waals surface area contributed by atoms with Gasteiger partial charge in [0.1, 0.15) is 0 Å². The molecule has 1 N–H and O–H groups in total. The summed E-state index contributed by atoms with van der Waals surface area (Å²) in [6, 6.07) is -0.626. The standard InChI is InChI=1S/C11H16F3NO3/c1-7(9(16)17)6-8-4-2-3-5-15(8)10(18)11(12,13)14/h7-8H,2-6H2,1H3,(H,16,17). The first-order chi connectivity index (χ1) is 8.23. The normalized spacial score (nSPS) is 22.7. The number of rotatable bonds is 3. The number of carbonyl (C=O) groups excluding carboxylic acids is 1. The molecule has 0 spiro atoms. The van der Waals surface area contributed by atoms with E-state index in [4.69, 9.17) is 5.11 Å². The van der Waals surface area contributed by atoms with Crippen molar-refractivity contribution in [2.24, 2.45) is 5.92 Å². The van der Waals surface area contributed by atoms with Crippen LogP contribution in [-0.4, -0.2) is 40.6 Å². The molecule has 4 nitrogen and oxygen atoms in total. The van der Waals surface area contributed by atoms with Crippen LogP contribution in [-0.2, 0) is 9.59 Å². The van der Waals surface area contributed by atoms with E-state index in [0.29, 0.717) is 12.8 Å². The van der Waals surface area contributed by atoms with Gasteiger partial charge in [0.15, 0.2) is 0 Å². The highest BCUT2D eigenvalue weighted by Gasteiger charge is 2.45. The molecule has 1 rings (SSSR count). The number of carbonyl (C=O) groups is 2. The molecule has 0 saturated carbocycles. The van der Waals surface area contributed by atoms with E-state index in [2.05, 4.69) is 0 Å². The first-order valence-corrected chi connectivity index (χ1v) is 5.84. The highest BCUT2D eigenvalue weighted by Crippen LogP contribution is 2.28. The van der Waals surface area contributed by atoms with Crippen LogP contribution in [0, 0.1) is 5.92 Å². The molecule has 0 aromatic rings. The van der Waals surface area contributed by atoms with Gasteiger partial charge in [-0.2, -0.15) is 13.2 Å². The highest BCUT2D eigenvalue weighted by molar-refractivity contribution is 5.82. The minimum Gasteiger partial charge on any atom is -0.481 e. The molecule has 1 fully saturated rings. The van der Waals surface area contributed by atoms with Crippen molar-refractivity contribution in [1.82, 2.24) is 4.90 Å². The number of likely N-dealkylation sites (tertiary alicyclic amines) is 1. The number of aliphatic carboxylic acids is 1. The topological polar surface area (TPSA) is 57.6 Å². The lowest BCUT2D eigenvalue weighted by atomic mass is 9.93. The van der Waals surface area contributed by atoms with Gasteiger partial charge < -0.3 is 10.0 Å². The fourth-order valence-electron chi connectivity index (χ4n) is 2.18. The minimum absolute atomic E-state index is 0.0509. The van der Waals surface area contributed by atoms with Crippen LogP contribution >= 0.6 is 0 Å². The van der Waals surface area contributed by atoms with Crippen LogP contribution in [0.1, 0.15) is 32.6 Å². The summed E-state index contributed by atoms with van der Waals surface area (Å²) < 4.78 is 37.2. The molecule has 0 aromatic heterocycles. The molecule has 0 aliphatic carbocycles. The molecular formula is C11H16F3NO3. The van der Waals surface area contributed by atoms with Gasteiger partial charge >= 0.3 is 18.1 Å². The lowest BCUT2D eigenvalue weighted by Crippen LogP contribution is -2.50. The number of piperidine rings is 1. The van der Waals surface area contributed by atoms with E-state index in [1.165, 1.54) is 6.92 Å². The van der Waals surface area contributed by atoms with E-state index in [1.54, 1.807) is 0 Å². The van der Waals surface area contributed by atoms with Crippen molar-refractivity contribution >= 4 is 11.9 Å². The number of hydrogen-bond donors (Lipinski definition) is 1. The third-order valence-corrected chi connectivity index (χ3v) is 3.18. The van der Waals surface area contributed by atoms with E-state index in [-0.39, 0.29) is 13.0 Å². The first kappa shape index (κ1) is 14.8. The van der Waals surface area contributed by atoms with Crippen molar-refractivity contribution < 1.29 is 27.9 Å². The van der Waals surface area contributed by atoms with E-state index >= 15 is 0 Å². The van der Waals surface area contributed by atoms with Crippen molar-refractivity contribution in [2.45, 2.75) is 44.8 Å². The summed E-state index contributed by atoms with van der Waals surface area (Å²) in [6.45, 7) is 1.49. The second-order valence-electron chi connectivity index (χ2n) is 4.62. The Morgan fingerprint density at radius 3 is 2.50 bits per heavy atom. The van der Waals surface area contributed by atoms with Gasteiger partial charge in [0.25, 0.3) is 0 Å². The van der Waals surface area contributed by atoms with Gasteiger partial charge in [-0.05, 0) is 25.7 Å². The summed E-state index contributed by atoms with van der Waals surface area (Å²) in [5.74, 6) is -3.67. The lowest BCUT2D eigenvalue weighted by Gasteiger charge is -2.36. The van der Waals surface area contributed by atoms with Crippen LogP contribution in [0.25, 0.3) is 0 Å². The molecule has 1 aliphatic heterocycles. The Hall–Kier alpha value is -1.27. The van der Waals surface area contributed by atoms with Crippen molar-refractivity contribution in [2.75, 3.05) is 6.54 Å².